The lowest BCUT2D eigenvalue weighted by Gasteiger charge is -2.29. The Morgan fingerprint density at radius 1 is 1.69 bits per heavy atom. The summed E-state index contributed by atoms with van der Waals surface area (Å²) in [6.45, 7) is 2.67. The third kappa shape index (κ3) is 2.29. The molecule has 13 heavy (non-hydrogen) atoms. The molecule has 2 heterocycles. The van der Waals surface area contributed by atoms with Gasteiger partial charge in [0.25, 0.3) is 0 Å². The van der Waals surface area contributed by atoms with Crippen molar-refractivity contribution in [2.75, 3.05) is 13.1 Å². The molecule has 0 bridgehead atoms. The first kappa shape index (κ1) is 8.72. The van der Waals surface area contributed by atoms with E-state index in [0.717, 1.165) is 38.3 Å². The molecule has 4 heteroatoms. The Hall–Kier alpha value is -0.870. The maximum absolute atomic E-state index is 9.44. The zero-order chi connectivity index (χ0) is 9.10. The van der Waals surface area contributed by atoms with Gasteiger partial charge in [-0.3, -0.25) is 4.90 Å². The van der Waals surface area contributed by atoms with E-state index in [9.17, 15) is 5.11 Å². The van der Waals surface area contributed by atoms with Crippen molar-refractivity contribution >= 4 is 0 Å². The van der Waals surface area contributed by atoms with Crippen molar-refractivity contribution in [3.63, 3.8) is 0 Å². The van der Waals surface area contributed by atoms with E-state index in [1.54, 1.807) is 6.20 Å². The summed E-state index contributed by atoms with van der Waals surface area (Å²) in [6.07, 6.45) is 5.46. The number of aliphatic hydroxyl groups excluding tert-OH is 1. The number of rotatable bonds is 2. The van der Waals surface area contributed by atoms with E-state index in [4.69, 9.17) is 0 Å². The lowest BCUT2D eigenvalue weighted by atomic mass is 10.1. The van der Waals surface area contributed by atoms with Gasteiger partial charge in [-0.15, -0.1) is 0 Å². The second kappa shape index (κ2) is 3.89. The molecule has 1 aromatic rings. The average Bonchev–Trinajstić information content (AvgIpc) is 2.57. The molecule has 1 saturated heterocycles. The Morgan fingerprint density at radius 3 is 3.31 bits per heavy atom. The van der Waals surface area contributed by atoms with Crippen LogP contribution >= 0.6 is 0 Å². The van der Waals surface area contributed by atoms with Gasteiger partial charge in [-0.2, -0.15) is 0 Å². The van der Waals surface area contributed by atoms with E-state index in [0.29, 0.717) is 0 Å². The fraction of sp³-hybridized carbons (Fsp3) is 0.667. The second-order valence-electron chi connectivity index (χ2n) is 3.57. The third-order valence-electron chi connectivity index (χ3n) is 2.41. The fourth-order valence-corrected chi connectivity index (χ4v) is 1.77. The highest BCUT2D eigenvalue weighted by Gasteiger charge is 2.17. The smallest absolute Gasteiger partial charge is 0.120 e. The van der Waals surface area contributed by atoms with Gasteiger partial charge in [-0.05, 0) is 19.4 Å². The normalized spacial score (nSPS) is 24.8. The van der Waals surface area contributed by atoms with Crippen LogP contribution in [-0.4, -0.2) is 39.2 Å². The van der Waals surface area contributed by atoms with Crippen molar-refractivity contribution in [3.05, 3.63) is 18.2 Å². The first-order chi connectivity index (χ1) is 6.34. The number of likely N-dealkylation sites (tertiary alicyclic amines) is 1. The van der Waals surface area contributed by atoms with Gasteiger partial charge < -0.3 is 10.1 Å². The maximum atomic E-state index is 9.44. The molecule has 0 unspecified atom stereocenters. The van der Waals surface area contributed by atoms with Gasteiger partial charge in [0.2, 0.25) is 0 Å². The molecule has 0 radical (unpaired) electrons. The molecule has 2 N–H and O–H groups in total. The van der Waals surface area contributed by atoms with Gasteiger partial charge in [0.1, 0.15) is 5.82 Å². The number of H-pyrrole nitrogens is 1. The minimum absolute atomic E-state index is 0.149. The van der Waals surface area contributed by atoms with E-state index in [1.807, 2.05) is 6.20 Å². The second-order valence-corrected chi connectivity index (χ2v) is 3.57. The molecular weight excluding hydrogens is 166 g/mol. The predicted octanol–water partition coefficient (Wildman–Crippen LogP) is 0.366. The summed E-state index contributed by atoms with van der Waals surface area (Å²) >= 11 is 0. The summed E-state index contributed by atoms with van der Waals surface area (Å²) in [5, 5.41) is 9.44. The summed E-state index contributed by atoms with van der Waals surface area (Å²) in [6, 6.07) is 0. The number of hydrogen-bond acceptors (Lipinski definition) is 3. The third-order valence-corrected chi connectivity index (χ3v) is 2.41. The van der Waals surface area contributed by atoms with Crippen molar-refractivity contribution in [3.8, 4) is 0 Å². The zero-order valence-corrected chi connectivity index (χ0v) is 7.61. The summed E-state index contributed by atoms with van der Waals surface area (Å²) in [5.41, 5.74) is 0. The number of piperidine rings is 1. The van der Waals surface area contributed by atoms with Crippen LogP contribution in [0.2, 0.25) is 0 Å². The van der Waals surface area contributed by atoms with Gasteiger partial charge in [0, 0.05) is 18.9 Å². The summed E-state index contributed by atoms with van der Waals surface area (Å²) in [7, 11) is 0. The molecule has 0 spiro atoms. The van der Waals surface area contributed by atoms with Crippen LogP contribution in [0.15, 0.2) is 12.4 Å². The van der Waals surface area contributed by atoms with Gasteiger partial charge >= 0.3 is 0 Å². The highest BCUT2D eigenvalue weighted by Crippen LogP contribution is 2.11. The summed E-state index contributed by atoms with van der Waals surface area (Å²) in [4.78, 5) is 9.45. The topological polar surface area (TPSA) is 52.1 Å². The van der Waals surface area contributed by atoms with Crippen LogP contribution in [0.25, 0.3) is 0 Å². The molecular formula is C9H15N3O. The van der Waals surface area contributed by atoms with Gasteiger partial charge in [0.15, 0.2) is 0 Å². The molecule has 72 valence electrons. The number of imidazole rings is 1. The molecule has 1 aliphatic rings. The summed E-state index contributed by atoms with van der Waals surface area (Å²) < 4.78 is 0. The first-order valence-corrected chi connectivity index (χ1v) is 4.73. The number of aromatic amines is 1. The van der Waals surface area contributed by atoms with Crippen LogP contribution in [0.3, 0.4) is 0 Å². The van der Waals surface area contributed by atoms with Gasteiger partial charge in [0.05, 0.1) is 12.6 Å². The minimum atomic E-state index is -0.149. The quantitative estimate of drug-likeness (QED) is 0.693. The van der Waals surface area contributed by atoms with Crippen LogP contribution in [0.1, 0.15) is 18.7 Å². The molecule has 0 aromatic carbocycles. The SMILES string of the molecule is O[C@H]1CCCN(Cc2ncc[nH]2)C1. The minimum Gasteiger partial charge on any atom is -0.392 e. The molecule has 1 atom stereocenters. The van der Waals surface area contributed by atoms with Crippen molar-refractivity contribution in [1.82, 2.24) is 14.9 Å². The van der Waals surface area contributed by atoms with E-state index < -0.39 is 0 Å². The Kier molecular flexibility index (Phi) is 2.61. The van der Waals surface area contributed by atoms with E-state index in [1.165, 1.54) is 0 Å². The number of nitrogens with zero attached hydrogens (tertiary/aromatic N) is 2. The van der Waals surface area contributed by atoms with Crippen LogP contribution in [0, 0.1) is 0 Å². The Balaban J connectivity index is 1.87. The van der Waals surface area contributed by atoms with Crippen LogP contribution < -0.4 is 0 Å². The van der Waals surface area contributed by atoms with Gasteiger partial charge in [-0.25, -0.2) is 4.98 Å². The van der Waals surface area contributed by atoms with Crippen molar-refractivity contribution in [2.24, 2.45) is 0 Å². The molecule has 0 aliphatic carbocycles. The maximum Gasteiger partial charge on any atom is 0.120 e. The molecule has 1 aromatic heterocycles. The average molecular weight is 181 g/mol. The van der Waals surface area contributed by atoms with Crippen LogP contribution in [0.4, 0.5) is 0 Å². The molecule has 2 rings (SSSR count). The van der Waals surface area contributed by atoms with E-state index in [-0.39, 0.29) is 6.10 Å². The highest BCUT2D eigenvalue weighted by atomic mass is 16.3. The van der Waals surface area contributed by atoms with Crippen molar-refractivity contribution in [2.45, 2.75) is 25.5 Å². The molecule has 1 fully saturated rings. The number of aromatic nitrogens is 2. The standard InChI is InChI=1S/C9H15N3O/c13-8-2-1-5-12(6-8)7-9-10-3-4-11-9/h3-4,8,13H,1-2,5-7H2,(H,10,11)/t8-/m0/s1. The van der Waals surface area contributed by atoms with E-state index >= 15 is 0 Å². The van der Waals surface area contributed by atoms with Crippen molar-refractivity contribution in [1.29, 1.82) is 0 Å². The van der Waals surface area contributed by atoms with Crippen LogP contribution in [-0.2, 0) is 6.54 Å². The Morgan fingerprint density at radius 2 is 2.62 bits per heavy atom. The van der Waals surface area contributed by atoms with Gasteiger partial charge in [-0.1, -0.05) is 0 Å². The molecule has 0 amide bonds. The number of hydrogen-bond donors (Lipinski definition) is 2. The monoisotopic (exact) mass is 181 g/mol. The lowest BCUT2D eigenvalue weighted by molar-refractivity contribution is 0.0656. The molecule has 1 aliphatic heterocycles. The lowest BCUT2D eigenvalue weighted by Crippen LogP contribution is -2.37. The highest BCUT2D eigenvalue weighted by molar-refractivity contribution is 4.88. The largest absolute Gasteiger partial charge is 0.392 e. The van der Waals surface area contributed by atoms with Crippen molar-refractivity contribution < 1.29 is 5.11 Å². The number of β-amino-alcohol motifs (C(OH)–C–C–N with tert-alkyl or cyclic N) is 1. The number of nitrogens with one attached hydrogen (secondary N) is 1. The first-order valence-electron chi connectivity index (χ1n) is 4.73. The predicted molar refractivity (Wildman–Crippen MR) is 49.1 cm³/mol. The number of aliphatic hydroxyl groups is 1. The molecule has 4 nitrogen and oxygen atoms in total. The fourth-order valence-electron chi connectivity index (χ4n) is 1.77. The molecule has 0 saturated carbocycles. The Labute approximate surface area is 77.6 Å². The van der Waals surface area contributed by atoms with E-state index in [2.05, 4.69) is 14.9 Å². The summed E-state index contributed by atoms with van der Waals surface area (Å²) in [5.74, 6) is 0.981. The van der Waals surface area contributed by atoms with Crippen LogP contribution in [0.5, 0.6) is 0 Å². The Bertz CT molecular complexity index is 247. The zero-order valence-electron chi connectivity index (χ0n) is 7.61.